The molecule has 0 radical (unpaired) electrons. The summed E-state index contributed by atoms with van der Waals surface area (Å²) in [6.07, 6.45) is 1.77. The maximum atomic E-state index is 5.88. The van der Waals surface area contributed by atoms with Crippen molar-refractivity contribution in [1.82, 2.24) is 9.97 Å². The van der Waals surface area contributed by atoms with Crippen molar-refractivity contribution in [3.8, 4) is 0 Å². The van der Waals surface area contributed by atoms with Crippen LogP contribution in [0.5, 0.6) is 0 Å². The monoisotopic (exact) mass is 306 g/mol. The normalized spacial score (nSPS) is 10.3. The van der Waals surface area contributed by atoms with Gasteiger partial charge in [0.1, 0.15) is 5.15 Å². The van der Waals surface area contributed by atoms with Gasteiger partial charge in [-0.05, 0) is 25.1 Å². The molecule has 0 spiro atoms. The molecule has 0 aliphatic carbocycles. The average molecular weight is 307 g/mol. The lowest BCUT2D eigenvalue weighted by Crippen LogP contribution is -1.84. The molecular formula is C19H15ClN2. The fourth-order valence-electron chi connectivity index (χ4n) is 2.23. The highest BCUT2D eigenvalue weighted by Crippen LogP contribution is 2.23. The van der Waals surface area contributed by atoms with Crippen molar-refractivity contribution in [3.63, 3.8) is 0 Å². The Hall–Kier alpha value is -2.45. The second kappa shape index (κ2) is 6.54. The molecule has 0 fully saturated rings. The lowest BCUT2D eigenvalue weighted by Gasteiger charge is -2.01. The van der Waals surface area contributed by atoms with E-state index in [0.29, 0.717) is 5.15 Å². The van der Waals surface area contributed by atoms with Crippen LogP contribution in [0.1, 0.15) is 5.56 Å². The van der Waals surface area contributed by atoms with Gasteiger partial charge >= 0.3 is 0 Å². The van der Waals surface area contributed by atoms with E-state index in [1.165, 1.54) is 5.56 Å². The van der Waals surface area contributed by atoms with Gasteiger partial charge in [-0.3, -0.25) is 4.98 Å². The minimum atomic E-state index is 0.501. The second-order valence-corrected chi connectivity index (χ2v) is 5.39. The van der Waals surface area contributed by atoms with Crippen molar-refractivity contribution in [2.75, 3.05) is 0 Å². The van der Waals surface area contributed by atoms with Gasteiger partial charge in [0.2, 0.25) is 0 Å². The van der Waals surface area contributed by atoms with Crippen LogP contribution in [0.2, 0.25) is 5.15 Å². The third kappa shape index (κ3) is 3.23. The molecule has 0 saturated heterocycles. The summed E-state index contributed by atoms with van der Waals surface area (Å²) in [5.41, 5.74) is 3.08. The zero-order chi connectivity index (χ0) is 15.4. The molecule has 0 amide bonds. The minimum Gasteiger partial charge on any atom is -0.254 e. The highest BCUT2D eigenvalue weighted by Gasteiger charge is 2.02. The number of aromatic nitrogens is 2. The highest BCUT2D eigenvalue weighted by atomic mass is 35.5. The van der Waals surface area contributed by atoms with Gasteiger partial charge in [-0.1, -0.05) is 65.7 Å². The zero-order valence-corrected chi connectivity index (χ0v) is 13.0. The average Bonchev–Trinajstić information content (AvgIpc) is 2.56. The lowest BCUT2D eigenvalue weighted by molar-refractivity contribution is 1.37. The van der Waals surface area contributed by atoms with Gasteiger partial charge in [0.25, 0.3) is 0 Å². The van der Waals surface area contributed by atoms with E-state index in [-0.39, 0.29) is 0 Å². The van der Waals surface area contributed by atoms with Crippen molar-refractivity contribution < 1.29 is 0 Å². The first-order chi connectivity index (χ1) is 10.7. The van der Waals surface area contributed by atoms with Crippen molar-refractivity contribution in [2.24, 2.45) is 0 Å². The summed E-state index contributed by atoms with van der Waals surface area (Å²) >= 11 is 5.88. The summed E-state index contributed by atoms with van der Waals surface area (Å²) in [6.45, 7) is 2.08. The molecule has 108 valence electrons. The number of pyridine rings is 2. The Morgan fingerprint density at radius 2 is 1.41 bits per heavy atom. The van der Waals surface area contributed by atoms with E-state index in [1.807, 2.05) is 48.5 Å². The van der Waals surface area contributed by atoms with Crippen molar-refractivity contribution in [3.05, 3.63) is 83.6 Å². The van der Waals surface area contributed by atoms with E-state index in [4.69, 9.17) is 11.6 Å². The Morgan fingerprint density at radius 3 is 2.09 bits per heavy atom. The van der Waals surface area contributed by atoms with Crippen molar-refractivity contribution >= 4 is 33.4 Å². The largest absolute Gasteiger partial charge is 0.254 e. The molecule has 2 nitrogen and oxygen atoms in total. The molecule has 4 rings (SSSR count). The SMILES string of the molecule is Cc1ccccc1.Clc1ccc2ccc3cccnc3c2n1. The molecule has 22 heavy (non-hydrogen) atoms. The van der Waals surface area contributed by atoms with Crippen LogP contribution in [-0.4, -0.2) is 9.97 Å². The van der Waals surface area contributed by atoms with Gasteiger partial charge in [-0.15, -0.1) is 0 Å². The van der Waals surface area contributed by atoms with Crippen LogP contribution < -0.4 is 0 Å². The number of aryl methyl sites for hydroxylation is 1. The molecular weight excluding hydrogens is 292 g/mol. The predicted octanol–water partition coefficient (Wildman–Crippen LogP) is 5.43. The molecule has 0 bridgehead atoms. The van der Waals surface area contributed by atoms with E-state index in [0.717, 1.165) is 21.8 Å². The molecule has 3 heteroatoms. The van der Waals surface area contributed by atoms with E-state index in [9.17, 15) is 0 Å². The van der Waals surface area contributed by atoms with Crippen LogP contribution in [0, 0.1) is 6.92 Å². The number of hydrogen-bond donors (Lipinski definition) is 0. The number of fused-ring (bicyclic) bond motifs is 3. The summed E-state index contributed by atoms with van der Waals surface area (Å²) in [7, 11) is 0. The predicted molar refractivity (Wildman–Crippen MR) is 93.2 cm³/mol. The van der Waals surface area contributed by atoms with Crippen LogP contribution in [0.15, 0.2) is 72.9 Å². The van der Waals surface area contributed by atoms with E-state index in [2.05, 4.69) is 29.0 Å². The van der Waals surface area contributed by atoms with Gasteiger partial charge in [-0.25, -0.2) is 4.98 Å². The zero-order valence-electron chi connectivity index (χ0n) is 12.2. The quantitative estimate of drug-likeness (QED) is 0.320. The van der Waals surface area contributed by atoms with Crippen LogP contribution >= 0.6 is 11.6 Å². The molecule has 0 aliphatic rings. The number of hydrogen-bond acceptors (Lipinski definition) is 2. The first-order valence-electron chi connectivity index (χ1n) is 7.06. The summed E-state index contributed by atoms with van der Waals surface area (Å²) in [5.74, 6) is 0. The smallest absolute Gasteiger partial charge is 0.129 e. The summed E-state index contributed by atoms with van der Waals surface area (Å²) < 4.78 is 0. The summed E-state index contributed by atoms with van der Waals surface area (Å²) in [5, 5.41) is 2.64. The highest BCUT2D eigenvalue weighted by molar-refractivity contribution is 6.30. The molecule has 0 aliphatic heterocycles. The molecule has 0 N–H and O–H groups in total. The molecule has 2 aromatic heterocycles. The molecule has 2 aromatic carbocycles. The summed E-state index contributed by atoms with van der Waals surface area (Å²) in [6, 6.07) is 22.0. The Morgan fingerprint density at radius 1 is 0.727 bits per heavy atom. The summed E-state index contributed by atoms with van der Waals surface area (Å²) in [4.78, 5) is 8.64. The van der Waals surface area contributed by atoms with Gasteiger partial charge in [-0.2, -0.15) is 0 Å². The third-order valence-electron chi connectivity index (χ3n) is 3.34. The maximum Gasteiger partial charge on any atom is 0.129 e. The first kappa shape index (κ1) is 14.5. The number of benzene rings is 2. The third-order valence-corrected chi connectivity index (χ3v) is 3.55. The van der Waals surface area contributed by atoms with E-state index >= 15 is 0 Å². The topological polar surface area (TPSA) is 25.8 Å². The second-order valence-electron chi connectivity index (χ2n) is 5.00. The minimum absolute atomic E-state index is 0.501. The van der Waals surface area contributed by atoms with E-state index < -0.39 is 0 Å². The first-order valence-corrected chi connectivity index (χ1v) is 7.43. The van der Waals surface area contributed by atoms with Gasteiger partial charge in [0, 0.05) is 17.0 Å². The van der Waals surface area contributed by atoms with Crippen LogP contribution in [-0.2, 0) is 0 Å². The Balaban J connectivity index is 0.000000174. The molecule has 0 atom stereocenters. The lowest BCUT2D eigenvalue weighted by atomic mass is 10.1. The van der Waals surface area contributed by atoms with Gasteiger partial charge in [0.05, 0.1) is 11.0 Å². The standard InChI is InChI=1S/C12H7ClN2.C7H8/c13-10-6-5-9-4-3-8-2-1-7-14-11(8)12(9)15-10;1-7-5-3-2-4-6-7/h1-7H;2-6H,1H3. The molecule has 0 unspecified atom stereocenters. The molecule has 0 saturated carbocycles. The Labute approximate surface area is 134 Å². The maximum absolute atomic E-state index is 5.88. The number of rotatable bonds is 0. The number of nitrogens with zero attached hydrogens (tertiary/aromatic N) is 2. The fourth-order valence-corrected chi connectivity index (χ4v) is 2.38. The molecule has 2 heterocycles. The number of halogens is 1. The van der Waals surface area contributed by atoms with E-state index in [1.54, 1.807) is 12.3 Å². The van der Waals surface area contributed by atoms with Crippen LogP contribution in [0.3, 0.4) is 0 Å². The Kier molecular flexibility index (Phi) is 4.31. The van der Waals surface area contributed by atoms with Gasteiger partial charge in [0.15, 0.2) is 0 Å². The fraction of sp³-hybridized carbons (Fsp3) is 0.0526. The van der Waals surface area contributed by atoms with Crippen LogP contribution in [0.4, 0.5) is 0 Å². The Bertz CT molecular complexity index is 905. The van der Waals surface area contributed by atoms with Gasteiger partial charge < -0.3 is 0 Å². The molecule has 4 aromatic rings. The van der Waals surface area contributed by atoms with Crippen molar-refractivity contribution in [1.29, 1.82) is 0 Å². The van der Waals surface area contributed by atoms with Crippen molar-refractivity contribution in [2.45, 2.75) is 6.92 Å². The van der Waals surface area contributed by atoms with Crippen LogP contribution in [0.25, 0.3) is 21.8 Å².